The third kappa shape index (κ3) is 2.05. The van der Waals surface area contributed by atoms with Gasteiger partial charge in [0.25, 0.3) is 0 Å². The minimum atomic E-state index is 0.545. The van der Waals surface area contributed by atoms with E-state index < -0.39 is 0 Å². The number of halogens is 1. The highest BCUT2D eigenvalue weighted by atomic mass is 35.5. The Bertz CT molecular complexity index is 558. The van der Waals surface area contributed by atoms with Gasteiger partial charge in [0, 0.05) is 10.4 Å². The predicted octanol–water partition coefficient (Wildman–Crippen LogP) is 4.75. The van der Waals surface area contributed by atoms with Crippen LogP contribution in [-0.2, 0) is 0 Å². The van der Waals surface area contributed by atoms with Crippen molar-refractivity contribution in [2.75, 3.05) is 0 Å². The summed E-state index contributed by atoms with van der Waals surface area (Å²) >= 11 is 9.40. The average molecular weight is 266 g/mol. The Morgan fingerprint density at radius 3 is 2.75 bits per heavy atom. The second kappa shape index (κ2) is 4.84. The predicted molar refractivity (Wildman–Crippen MR) is 71.7 cm³/mol. The molecule has 0 aliphatic heterocycles. The highest BCUT2D eigenvalue weighted by molar-refractivity contribution is 7.11. The lowest BCUT2D eigenvalue weighted by molar-refractivity contribution is 1.51. The first-order chi connectivity index (χ1) is 7.74. The molecule has 0 radical (unpaired) electrons. The van der Waals surface area contributed by atoms with Crippen molar-refractivity contribution in [2.24, 2.45) is 0 Å². The molecule has 0 saturated heterocycles. The normalized spacial score (nSPS) is 12.1. The molecule has 0 fully saturated rings. The van der Waals surface area contributed by atoms with Gasteiger partial charge in [0.1, 0.15) is 6.07 Å². The second-order valence-electron chi connectivity index (χ2n) is 3.25. The van der Waals surface area contributed by atoms with Crippen LogP contribution in [0.5, 0.6) is 0 Å². The van der Waals surface area contributed by atoms with Crippen molar-refractivity contribution >= 4 is 44.9 Å². The Morgan fingerprint density at radius 2 is 2.25 bits per heavy atom. The Morgan fingerprint density at radius 1 is 1.44 bits per heavy atom. The Hall–Kier alpha value is -1.08. The molecular formula is C12H8ClNS2. The first-order valence-electron chi connectivity index (χ1n) is 4.61. The summed E-state index contributed by atoms with van der Waals surface area (Å²) in [6, 6.07) is 6.01. The van der Waals surface area contributed by atoms with E-state index >= 15 is 0 Å². The van der Waals surface area contributed by atoms with Crippen molar-refractivity contribution < 1.29 is 0 Å². The molecule has 0 spiro atoms. The summed E-state index contributed by atoms with van der Waals surface area (Å²) in [6.45, 7) is 2.00. The van der Waals surface area contributed by atoms with Gasteiger partial charge in [-0.2, -0.15) is 16.6 Å². The maximum atomic E-state index is 9.18. The number of thiophene rings is 2. The minimum absolute atomic E-state index is 0.545. The summed E-state index contributed by atoms with van der Waals surface area (Å²) in [5.74, 6) is 0. The number of hydrogen-bond donors (Lipinski definition) is 0. The third-order valence-corrected chi connectivity index (χ3v) is 4.33. The third-order valence-electron chi connectivity index (χ3n) is 2.19. The molecule has 2 rings (SSSR count). The summed E-state index contributed by atoms with van der Waals surface area (Å²) in [6.07, 6.45) is 0. The van der Waals surface area contributed by atoms with Crippen LogP contribution in [0.4, 0.5) is 0 Å². The van der Waals surface area contributed by atoms with E-state index in [1.54, 1.807) is 11.3 Å². The monoisotopic (exact) mass is 265 g/mol. The van der Waals surface area contributed by atoms with Crippen LogP contribution in [0.2, 0.25) is 0 Å². The molecule has 0 amide bonds. The van der Waals surface area contributed by atoms with E-state index in [9.17, 15) is 5.26 Å². The van der Waals surface area contributed by atoms with E-state index in [1.807, 2.05) is 35.2 Å². The fourth-order valence-electron chi connectivity index (χ4n) is 1.35. The van der Waals surface area contributed by atoms with Gasteiger partial charge in [0.05, 0.1) is 10.6 Å². The van der Waals surface area contributed by atoms with Crippen molar-refractivity contribution in [3.63, 3.8) is 0 Å². The van der Waals surface area contributed by atoms with Crippen LogP contribution in [-0.4, -0.2) is 0 Å². The van der Waals surface area contributed by atoms with E-state index in [4.69, 9.17) is 11.6 Å². The van der Waals surface area contributed by atoms with Gasteiger partial charge in [-0.25, -0.2) is 0 Å². The van der Waals surface area contributed by atoms with Gasteiger partial charge in [0.2, 0.25) is 0 Å². The van der Waals surface area contributed by atoms with E-state index in [0.717, 1.165) is 16.0 Å². The molecule has 0 N–H and O–H groups in total. The zero-order valence-corrected chi connectivity index (χ0v) is 10.9. The Kier molecular flexibility index (Phi) is 3.45. The van der Waals surface area contributed by atoms with Crippen LogP contribution >= 0.6 is 34.3 Å². The van der Waals surface area contributed by atoms with Gasteiger partial charge in [-0.05, 0) is 34.7 Å². The smallest absolute Gasteiger partial charge is 0.102 e. The van der Waals surface area contributed by atoms with Gasteiger partial charge in [0.15, 0.2) is 0 Å². The van der Waals surface area contributed by atoms with Crippen LogP contribution in [0.25, 0.3) is 10.6 Å². The summed E-state index contributed by atoms with van der Waals surface area (Å²) < 4.78 is 0. The van der Waals surface area contributed by atoms with E-state index in [1.165, 1.54) is 11.3 Å². The quantitative estimate of drug-likeness (QED) is 0.719. The lowest BCUT2D eigenvalue weighted by Gasteiger charge is -2.01. The maximum absolute atomic E-state index is 9.18. The molecule has 4 heteroatoms. The standard InChI is InChI=1S/C12H8ClNS2/c1-8-6-15-7-10(8)12(13)9(5-14)11-3-2-4-16-11/h2-4,6-7H,1H3. The van der Waals surface area contributed by atoms with Crippen LogP contribution in [0.3, 0.4) is 0 Å². The average Bonchev–Trinajstić information content (AvgIpc) is 2.90. The van der Waals surface area contributed by atoms with Crippen molar-refractivity contribution in [3.8, 4) is 6.07 Å². The number of rotatable bonds is 2. The van der Waals surface area contributed by atoms with Crippen LogP contribution in [0.15, 0.2) is 28.3 Å². The summed E-state index contributed by atoms with van der Waals surface area (Å²) in [5.41, 5.74) is 2.62. The van der Waals surface area contributed by atoms with Crippen LogP contribution < -0.4 is 0 Å². The number of allylic oxidation sites excluding steroid dienone is 1. The SMILES string of the molecule is Cc1cscc1C(Cl)=C(C#N)c1cccs1. The highest BCUT2D eigenvalue weighted by Gasteiger charge is 2.12. The molecule has 80 valence electrons. The molecule has 0 atom stereocenters. The minimum Gasteiger partial charge on any atom is -0.192 e. The van der Waals surface area contributed by atoms with Crippen molar-refractivity contribution in [2.45, 2.75) is 6.92 Å². The van der Waals surface area contributed by atoms with Crippen LogP contribution in [0, 0.1) is 18.3 Å². The number of hydrogen-bond acceptors (Lipinski definition) is 3. The Labute approximate surface area is 107 Å². The number of aryl methyl sites for hydroxylation is 1. The molecule has 16 heavy (non-hydrogen) atoms. The second-order valence-corrected chi connectivity index (χ2v) is 5.32. The number of nitrogens with zero attached hydrogens (tertiary/aromatic N) is 1. The van der Waals surface area contributed by atoms with E-state index in [0.29, 0.717) is 10.6 Å². The van der Waals surface area contributed by atoms with E-state index in [2.05, 4.69) is 6.07 Å². The molecule has 1 nitrogen and oxygen atoms in total. The fourth-order valence-corrected chi connectivity index (χ4v) is 3.39. The van der Waals surface area contributed by atoms with Gasteiger partial charge >= 0.3 is 0 Å². The van der Waals surface area contributed by atoms with Gasteiger partial charge in [-0.1, -0.05) is 17.7 Å². The molecular weight excluding hydrogens is 258 g/mol. The highest BCUT2D eigenvalue weighted by Crippen LogP contribution is 2.34. The largest absolute Gasteiger partial charge is 0.192 e. The maximum Gasteiger partial charge on any atom is 0.102 e. The first kappa shape index (κ1) is 11.4. The molecule has 0 aliphatic carbocycles. The molecule has 0 bridgehead atoms. The van der Waals surface area contributed by atoms with Crippen molar-refractivity contribution in [1.29, 1.82) is 5.26 Å². The van der Waals surface area contributed by atoms with Gasteiger partial charge in [-0.3, -0.25) is 0 Å². The summed E-state index contributed by atoms with van der Waals surface area (Å²) in [7, 11) is 0. The molecule has 2 heterocycles. The van der Waals surface area contributed by atoms with Gasteiger partial charge in [-0.15, -0.1) is 11.3 Å². The zero-order chi connectivity index (χ0) is 11.5. The summed E-state index contributed by atoms with van der Waals surface area (Å²) in [5, 5.41) is 15.7. The van der Waals surface area contributed by atoms with E-state index in [-0.39, 0.29) is 0 Å². The Balaban J connectivity index is 2.56. The number of nitriles is 1. The lowest BCUT2D eigenvalue weighted by Crippen LogP contribution is -1.83. The summed E-state index contributed by atoms with van der Waals surface area (Å²) in [4.78, 5) is 0.915. The van der Waals surface area contributed by atoms with Crippen molar-refractivity contribution in [1.82, 2.24) is 0 Å². The molecule has 0 aliphatic rings. The lowest BCUT2D eigenvalue weighted by atomic mass is 10.1. The topological polar surface area (TPSA) is 23.8 Å². The fraction of sp³-hybridized carbons (Fsp3) is 0.0833. The molecule has 0 saturated carbocycles. The van der Waals surface area contributed by atoms with Crippen molar-refractivity contribution in [3.05, 3.63) is 44.3 Å². The molecule has 0 aromatic carbocycles. The molecule has 2 aromatic rings. The first-order valence-corrected chi connectivity index (χ1v) is 6.81. The van der Waals surface area contributed by atoms with Gasteiger partial charge < -0.3 is 0 Å². The molecule has 0 unspecified atom stereocenters. The molecule has 2 aromatic heterocycles. The van der Waals surface area contributed by atoms with Crippen LogP contribution in [0.1, 0.15) is 16.0 Å². The zero-order valence-electron chi connectivity index (χ0n) is 8.53.